The second-order valence-corrected chi connectivity index (χ2v) is 6.40. The van der Waals surface area contributed by atoms with Crippen LogP contribution in [-0.2, 0) is 13.1 Å². The van der Waals surface area contributed by atoms with Crippen LogP contribution in [0.1, 0.15) is 27.4 Å². The molecule has 2 aromatic carbocycles. The van der Waals surface area contributed by atoms with Gasteiger partial charge in [-0.25, -0.2) is 4.39 Å². The topological polar surface area (TPSA) is 51.9 Å². The Morgan fingerprint density at radius 1 is 0.964 bits per heavy atom. The number of halogens is 1. The Bertz CT molecular complexity index is 927. The van der Waals surface area contributed by atoms with Crippen molar-refractivity contribution in [1.29, 1.82) is 0 Å². The summed E-state index contributed by atoms with van der Waals surface area (Å²) in [5.41, 5.74) is 1.24. The summed E-state index contributed by atoms with van der Waals surface area (Å²) in [5, 5.41) is 0. The highest BCUT2D eigenvalue weighted by atomic mass is 19.1. The standard InChI is InChI=1S/C22H22FNO4/c1-15-4-9-19(28-15)14-24(13-16-5-7-18(23)8-6-16)22(25)17-10-20(26-2)12-21(11-17)27-3/h4-12H,13-14H2,1-3H3. The van der Waals surface area contributed by atoms with Crippen LogP contribution < -0.4 is 9.47 Å². The molecular weight excluding hydrogens is 361 g/mol. The van der Waals surface area contributed by atoms with E-state index in [9.17, 15) is 9.18 Å². The largest absolute Gasteiger partial charge is 0.497 e. The highest BCUT2D eigenvalue weighted by Gasteiger charge is 2.20. The number of hydrogen-bond donors (Lipinski definition) is 0. The van der Waals surface area contributed by atoms with E-state index in [4.69, 9.17) is 13.9 Å². The SMILES string of the molecule is COc1cc(OC)cc(C(=O)N(Cc2ccc(F)cc2)Cc2ccc(C)o2)c1. The van der Waals surface area contributed by atoms with Crippen molar-refractivity contribution in [3.8, 4) is 11.5 Å². The molecule has 0 bridgehead atoms. The molecule has 0 N–H and O–H groups in total. The van der Waals surface area contributed by atoms with Gasteiger partial charge in [-0.3, -0.25) is 4.79 Å². The second-order valence-electron chi connectivity index (χ2n) is 6.40. The summed E-state index contributed by atoms with van der Waals surface area (Å²) in [6.07, 6.45) is 0. The van der Waals surface area contributed by atoms with Crippen molar-refractivity contribution in [2.75, 3.05) is 14.2 Å². The molecule has 0 spiro atoms. The quantitative estimate of drug-likeness (QED) is 0.599. The zero-order chi connectivity index (χ0) is 20.1. The van der Waals surface area contributed by atoms with Gasteiger partial charge in [-0.05, 0) is 48.9 Å². The number of aryl methyl sites for hydroxylation is 1. The van der Waals surface area contributed by atoms with Gasteiger partial charge >= 0.3 is 0 Å². The molecule has 3 rings (SSSR count). The molecule has 28 heavy (non-hydrogen) atoms. The molecule has 0 radical (unpaired) electrons. The summed E-state index contributed by atoms with van der Waals surface area (Å²) in [5.74, 6) is 1.96. The summed E-state index contributed by atoms with van der Waals surface area (Å²) in [6.45, 7) is 2.44. The van der Waals surface area contributed by atoms with Crippen molar-refractivity contribution in [2.24, 2.45) is 0 Å². The number of amides is 1. The van der Waals surface area contributed by atoms with Gasteiger partial charge in [0.25, 0.3) is 5.91 Å². The minimum absolute atomic E-state index is 0.212. The highest BCUT2D eigenvalue weighted by Crippen LogP contribution is 2.25. The maximum atomic E-state index is 13.3. The van der Waals surface area contributed by atoms with Crippen LogP contribution in [0, 0.1) is 12.7 Å². The summed E-state index contributed by atoms with van der Waals surface area (Å²) in [6, 6.07) is 14.8. The van der Waals surface area contributed by atoms with E-state index in [-0.39, 0.29) is 18.3 Å². The second kappa shape index (κ2) is 8.61. The van der Waals surface area contributed by atoms with Crippen LogP contribution in [0.2, 0.25) is 0 Å². The summed E-state index contributed by atoms with van der Waals surface area (Å²) >= 11 is 0. The van der Waals surface area contributed by atoms with Gasteiger partial charge in [0.1, 0.15) is 28.8 Å². The number of nitrogens with zero attached hydrogens (tertiary/aromatic N) is 1. The lowest BCUT2D eigenvalue weighted by molar-refractivity contribution is 0.0716. The molecule has 146 valence electrons. The van der Waals surface area contributed by atoms with Crippen molar-refractivity contribution in [2.45, 2.75) is 20.0 Å². The van der Waals surface area contributed by atoms with E-state index in [0.29, 0.717) is 29.4 Å². The van der Waals surface area contributed by atoms with E-state index in [1.807, 2.05) is 19.1 Å². The minimum atomic E-state index is -0.319. The zero-order valence-corrected chi connectivity index (χ0v) is 16.1. The van der Waals surface area contributed by atoms with Crippen molar-refractivity contribution >= 4 is 5.91 Å². The van der Waals surface area contributed by atoms with E-state index in [1.165, 1.54) is 26.4 Å². The first kappa shape index (κ1) is 19.5. The Kier molecular flexibility index (Phi) is 5.99. The van der Waals surface area contributed by atoms with Crippen molar-refractivity contribution in [1.82, 2.24) is 4.90 Å². The molecule has 0 atom stereocenters. The minimum Gasteiger partial charge on any atom is -0.497 e. The molecule has 0 aliphatic carbocycles. The number of ether oxygens (including phenoxy) is 2. The van der Waals surface area contributed by atoms with Crippen molar-refractivity contribution < 1.29 is 23.1 Å². The molecule has 0 aliphatic rings. The zero-order valence-electron chi connectivity index (χ0n) is 16.1. The smallest absolute Gasteiger partial charge is 0.254 e. The normalized spacial score (nSPS) is 10.6. The maximum Gasteiger partial charge on any atom is 0.254 e. The fourth-order valence-corrected chi connectivity index (χ4v) is 2.88. The Morgan fingerprint density at radius 2 is 1.61 bits per heavy atom. The van der Waals surface area contributed by atoms with E-state index >= 15 is 0 Å². The predicted molar refractivity (Wildman–Crippen MR) is 103 cm³/mol. The first-order chi connectivity index (χ1) is 13.5. The van der Waals surface area contributed by atoms with E-state index < -0.39 is 0 Å². The fourth-order valence-electron chi connectivity index (χ4n) is 2.88. The lowest BCUT2D eigenvalue weighted by Crippen LogP contribution is -2.30. The van der Waals surface area contributed by atoms with Crippen LogP contribution >= 0.6 is 0 Å². The Hall–Kier alpha value is -3.28. The van der Waals surface area contributed by atoms with Crippen LogP contribution in [0.3, 0.4) is 0 Å². The summed E-state index contributed by atoms with van der Waals surface area (Å²) in [4.78, 5) is 14.9. The molecule has 3 aromatic rings. The molecule has 0 fully saturated rings. The molecule has 1 heterocycles. The molecule has 0 unspecified atom stereocenters. The number of rotatable bonds is 7. The maximum absolute atomic E-state index is 13.3. The molecule has 5 nitrogen and oxygen atoms in total. The third-order valence-corrected chi connectivity index (χ3v) is 4.32. The van der Waals surface area contributed by atoms with Crippen LogP contribution in [0.25, 0.3) is 0 Å². The lowest BCUT2D eigenvalue weighted by Gasteiger charge is -2.22. The van der Waals surface area contributed by atoms with Crippen LogP contribution in [0.4, 0.5) is 4.39 Å². The van der Waals surface area contributed by atoms with Gasteiger partial charge in [-0.1, -0.05) is 12.1 Å². The van der Waals surface area contributed by atoms with Crippen LogP contribution in [0.5, 0.6) is 11.5 Å². The summed E-state index contributed by atoms with van der Waals surface area (Å²) in [7, 11) is 3.07. The van der Waals surface area contributed by atoms with Gasteiger partial charge in [0, 0.05) is 18.2 Å². The molecule has 1 amide bonds. The first-order valence-corrected chi connectivity index (χ1v) is 8.80. The third kappa shape index (κ3) is 4.71. The molecular formula is C22H22FNO4. The molecule has 0 saturated carbocycles. The number of methoxy groups -OCH3 is 2. The van der Waals surface area contributed by atoms with Crippen molar-refractivity contribution in [3.05, 3.63) is 83.1 Å². The van der Waals surface area contributed by atoms with Gasteiger partial charge in [0.05, 0.1) is 20.8 Å². The average molecular weight is 383 g/mol. The van der Waals surface area contributed by atoms with Crippen LogP contribution in [0.15, 0.2) is 59.0 Å². The molecule has 1 aromatic heterocycles. The molecule has 6 heteroatoms. The first-order valence-electron chi connectivity index (χ1n) is 8.80. The van der Waals surface area contributed by atoms with Gasteiger partial charge < -0.3 is 18.8 Å². The predicted octanol–water partition coefficient (Wildman–Crippen LogP) is 4.59. The molecule has 0 aliphatic heterocycles. The number of carbonyl (C=O) groups is 1. The fraction of sp³-hybridized carbons (Fsp3) is 0.227. The van der Waals surface area contributed by atoms with Gasteiger partial charge in [0.2, 0.25) is 0 Å². The Balaban J connectivity index is 1.92. The Labute approximate surface area is 163 Å². The van der Waals surface area contributed by atoms with Gasteiger partial charge in [-0.15, -0.1) is 0 Å². The van der Waals surface area contributed by atoms with Crippen molar-refractivity contribution in [3.63, 3.8) is 0 Å². The van der Waals surface area contributed by atoms with Crippen LogP contribution in [-0.4, -0.2) is 25.0 Å². The number of benzene rings is 2. The highest BCUT2D eigenvalue weighted by molar-refractivity contribution is 5.95. The third-order valence-electron chi connectivity index (χ3n) is 4.32. The van der Waals surface area contributed by atoms with E-state index in [1.54, 1.807) is 35.2 Å². The monoisotopic (exact) mass is 383 g/mol. The number of carbonyl (C=O) groups excluding carboxylic acids is 1. The molecule has 0 saturated heterocycles. The Morgan fingerprint density at radius 3 is 2.14 bits per heavy atom. The van der Waals surface area contributed by atoms with Gasteiger partial charge in [0.15, 0.2) is 0 Å². The van der Waals surface area contributed by atoms with Gasteiger partial charge in [-0.2, -0.15) is 0 Å². The lowest BCUT2D eigenvalue weighted by atomic mass is 10.1. The summed E-state index contributed by atoms with van der Waals surface area (Å²) < 4.78 is 29.4. The number of furan rings is 1. The van der Waals surface area contributed by atoms with E-state index in [0.717, 1.165) is 11.3 Å². The van der Waals surface area contributed by atoms with E-state index in [2.05, 4.69) is 0 Å². The number of hydrogen-bond acceptors (Lipinski definition) is 4. The average Bonchev–Trinajstić information content (AvgIpc) is 3.12.